The van der Waals surface area contributed by atoms with Gasteiger partial charge in [-0.2, -0.15) is 4.39 Å². The number of nitrogens with zero attached hydrogens (tertiary/aromatic N) is 1. The van der Waals surface area contributed by atoms with Crippen molar-refractivity contribution in [1.29, 1.82) is 0 Å². The fraction of sp³-hybridized carbons (Fsp3) is 0.364. The van der Waals surface area contributed by atoms with Gasteiger partial charge in [-0.3, -0.25) is 14.9 Å². The standard InChI is InChI=1S/C11H12FNO4/c1-11(2,3)10(14)17-7-4-5-9(13(15)16)8(12)6-7/h4-6H,1-3H3. The molecule has 0 heterocycles. The molecule has 0 atom stereocenters. The van der Waals surface area contributed by atoms with Gasteiger partial charge in [0.25, 0.3) is 0 Å². The molecule has 0 fully saturated rings. The van der Waals surface area contributed by atoms with Crippen molar-refractivity contribution in [2.75, 3.05) is 0 Å². The van der Waals surface area contributed by atoms with E-state index in [0.29, 0.717) is 0 Å². The van der Waals surface area contributed by atoms with Crippen LogP contribution >= 0.6 is 0 Å². The summed E-state index contributed by atoms with van der Waals surface area (Å²) in [5.41, 5.74) is -1.38. The first-order chi connectivity index (χ1) is 7.71. The van der Waals surface area contributed by atoms with Crippen molar-refractivity contribution in [3.63, 3.8) is 0 Å². The maximum absolute atomic E-state index is 13.2. The van der Waals surface area contributed by atoms with Crippen molar-refractivity contribution in [3.05, 3.63) is 34.1 Å². The summed E-state index contributed by atoms with van der Waals surface area (Å²) in [4.78, 5) is 21.0. The highest BCUT2D eigenvalue weighted by Crippen LogP contribution is 2.24. The average Bonchev–Trinajstić information content (AvgIpc) is 2.15. The summed E-state index contributed by atoms with van der Waals surface area (Å²) >= 11 is 0. The topological polar surface area (TPSA) is 69.4 Å². The molecule has 0 unspecified atom stereocenters. The minimum Gasteiger partial charge on any atom is -0.426 e. The van der Waals surface area contributed by atoms with E-state index in [9.17, 15) is 19.3 Å². The molecule has 6 heteroatoms. The Morgan fingerprint density at radius 1 is 1.41 bits per heavy atom. The molecule has 1 aromatic carbocycles. The van der Waals surface area contributed by atoms with Crippen LogP contribution in [0.2, 0.25) is 0 Å². The van der Waals surface area contributed by atoms with Gasteiger partial charge in [-0.1, -0.05) is 0 Å². The Bertz CT molecular complexity index is 465. The molecule has 1 rings (SSSR count). The number of hydrogen-bond donors (Lipinski definition) is 0. The van der Waals surface area contributed by atoms with Gasteiger partial charge in [0.2, 0.25) is 5.82 Å². The van der Waals surface area contributed by atoms with Crippen LogP contribution in [0.1, 0.15) is 20.8 Å². The Morgan fingerprint density at radius 2 is 2.00 bits per heavy atom. The Labute approximate surface area is 97.3 Å². The molecule has 0 N–H and O–H groups in total. The molecule has 0 saturated heterocycles. The van der Waals surface area contributed by atoms with Crippen LogP contribution < -0.4 is 4.74 Å². The molecular formula is C11H12FNO4. The van der Waals surface area contributed by atoms with Crippen LogP contribution in [-0.2, 0) is 4.79 Å². The third kappa shape index (κ3) is 3.24. The lowest BCUT2D eigenvalue weighted by Crippen LogP contribution is -2.25. The van der Waals surface area contributed by atoms with Crippen molar-refractivity contribution >= 4 is 11.7 Å². The Morgan fingerprint density at radius 3 is 2.41 bits per heavy atom. The average molecular weight is 241 g/mol. The number of nitro groups is 1. The van der Waals surface area contributed by atoms with Gasteiger partial charge in [0.05, 0.1) is 10.3 Å². The van der Waals surface area contributed by atoms with Crippen LogP contribution in [0.3, 0.4) is 0 Å². The SMILES string of the molecule is CC(C)(C)C(=O)Oc1ccc([N+](=O)[O-])c(F)c1. The van der Waals surface area contributed by atoms with Crippen LogP contribution in [0.4, 0.5) is 10.1 Å². The van der Waals surface area contributed by atoms with Gasteiger partial charge >= 0.3 is 11.7 Å². The fourth-order valence-corrected chi connectivity index (χ4v) is 0.959. The van der Waals surface area contributed by atoms with E-state index in [2.05, 4.69) is 0 Å². The number of hydrogen-bond acceptors (Lipinski definition) is 4. The van der Waals surface area contributed by atoms with Crippen LogP contribution in [0.5, 0.6) is 5.75 Å². The molecule has 5 nitrogen and oxygen atoms in total. The first-order valence-corrected chi connectivity index (χ1v) is 4.88. The first kappa shape index (κ1) is 13.1. The van der Waals surface area contributed by atoms with Crippen LogP contribution in [0, 0.1) is 21.3 Å². The number of nitro benzene ring substituents is 1. The summed E-state index contributed by atoms with van der Waals surface area (Å²) in [6.45, 7) is 4.95. The van der Waals surface area contributed by atoms with Gasteiger partial charge in [-0.25, -0.2) is 0 Å². The van der Waals surface area contributed by atoms with Crippen molar-refractivity contribution in [2.24, 2.45) is 5.41 Å². The monoisotopic (exact) mass is 241 g/mol. The summed E-state index contributed by atoms with van der Waals surface area (Å²) in [5, 5.41) is 10.4. The molecular weight excluding hydrogens is 229 g/mol. The summed E-state index contributed by atoms with van der Waals surface area (Å²) in [6.07, 6.45) is 0. The maximum atomic E-state index is 13.2. The van der Waals surface area contributed by atoms with Crippen molar-refractivity contribution < 1.29 is 18.8 Å². The zero-order valence-electron chi connectivity index (χ0n) is 9.69. The molecule has 0 aromatic heterocycles. The van der Waals surface area contributed by atoms with E-state index in [4.69, 9.17) is 4.74 Å². The van der Waals surface area contributed by atoms with Crippen LogP contribution in [-0.4, -0.2) is 10.9 Å². The molecule has 17 heavy (non-hydrogen) atoms. The predicted octanol–water partition coefficient (Wildman–Crippen LogP) is 2.69. The lowest BCUT2D eigenvalue weighted by Gasteiger charge is -2.16. The second kappa shape index (κ2) is 4.48. The Kier molecular flexibility index (Phi) is 3.45. The normalized spacial score (nSPS) is 11.1. The van der Waals surface area contributed by atoms with Gasteiger partial charge in [0.1, 0.15) is 5.75 Å². The first-order valence-electron chi connectivity index (χ1n) is 4.88. The van der Waals surface area contributed by atoms with Crippen molar-refractivity contribution in [3.8, 4) is 5.75 Å². The number of rotatable bonds is 2. The maximum Gasteiger partial charge on any atom is 0.316 e. The lowest BCUT2D eigenvalue weighted by atomic mass is 9.97. The quantitative estimate of drug-likeness (QED) is 0.345. The number of esters is 1. The molecule has 92 valence electrons. The summed E-state index contributed by atoms with van der Waals surface area (Å²) in [7, 11) is 0. The zero-order chi connectivity index (χ0) is 13.2. The molecule has 0 bridgehead atoms. The molecule has 0 aliphatic carbocycles. The predicted molar refractivity (Wildman–Crippen MR) is 58.1 cm³/mol. The third-order valence-electron chi connectivity index (χ3n) is 1.94. The fourth-order valence-electron chi connectivity index (χ4n) is 0.959. The molecule has 0 aliphatic rings. The van der Waals surface area contributed by atoms with Crippen LogP contribution in [0.25, 0.3) is 0 Å². The number of carbonyl (C=O) groups excluding carboxylic acids is 1. The highest BCUT2D eigenvalue weighted by Gasteiger charge is 2.24. The molecule has 0 amide bonds. The molecule has 1 aromatic rings. The number of carbonyl (C=O) groups is 1. The van der Waals surface area contributed by atoms with Gasteiger partial charge in [-0.15, -0.1) is 0 Å². The lowest BCUT2D eigenvalue weighted by molar-refractivity contribution is -0.387. The van der Waals surface area contributed by atoms with E-state index in [1.165, 1.54) is 6.07 Å². The second-order valence-electron chi connectivity index (χ2n) is 4.51. The van der Waals surface area contributed by atoms with E-state index in [0.717, 1.165) is 12.1 Å². The third-order valence-corrected chi connectivity index (χ3v) is 1.94. The van der Waals surface area contributed by atoms with Crippen molar-refractivity contribution in [2.45, 2.75) is 20.8 Å². The van der Waals surface area contributed by atoms with Gasteiger partial charge < -0.3 is 4.74 Å². The minimum atomic E-state index is -1.03. The van der Waals surface area contributed by atoms with E-state index in [1.807, 2.05) is 0 Å². The van der Waals surface area contributed by atoms with E-state index in [1.54, 1.807) is 20.8 Å². The van der Waals surface area contributed by atoms with E-state index in [-0.39, 0.29) is 5.75 Å². The highest BCUT2D eigenvalue weighted by molar-refractivity contribution is 5.77. The number of benzene rings is 1. The smallest absolute Gasteiger partial charge is 0.316 e. The Balaban J connectivity index is 2.92. The van der Waals surface area contributed by atoms with Gasteiger partial charge in [0.15, 0.2) is 0 Å². The summed E-state index contributed by atoms with van der Waals surface area (Å²) in [5.74, 6) is -1.62. The zero-order valence-corrected chi connectivity index (χ0v) is 9.69. The molecule has 0 radical (unpaired) electrons. The number of ether oxygens (including phenoxy) is 1. The molecule has 0 spiro atoms. The minimum absolute atomic E-state index is 0.0481. The second-order valence-corrected chi connectivity index (χ2v) is 4.51. The molecule has 0 aliphatic heterocycles. The largest absolute Gasteiger partial charge is 0.426 e. The number of halogens is 1. The summed E-state index contributed by atoms with van der Waals surface area (Å²) < 4.78 is 18.1. The highest BCUT2D eigenvalue weighted by atomic mass is 19.1. The van der Waals surface area contributed by atoms with Crippen molar-refractivity contribution in [1.82, 2.24) is 0 Å². The van der Waals surface area contributed by atoms with Crippen LogP contribution in [0.15, 0.2) is 18.2 Å². The van der Waals surface area contributed by atoms with Gasteiger partial charge in [-0.05, 0) is 26.8 Å². The van der Waals surface area contributed by atoms with E-state index < -0.39 is 27.8 Å². The summed E-state index contributed by atoms with van der Waals surface area (Å²) in [6, 6.07) is 2.97. The van der Waals surface area contributed by atoms with E-state index >= 15 is 0 Å². The Hall–Kier alpha value is -1.98. The molecule has 0 saturated carbocycles. The van der Waals surface area contributed by atoms with Gasteiger partial charge in [0, 0.05) is 12.1 Å².